The summed E-state index contributed by atoms with van der Waals surface area (Å²) in [6, 6.07) is 12.2. The van der Waals surface area contributed by atoms with Crippen LogP contribution in [0.5, 0.6) is 5.75 Å². The fourth-order valence-corrected chi connectivity index (χ4v) is 5.04. The minimum Gasteiger partial charge on any atom is -0.497 e. The lowest BCUT2D eigenvalue weighted by atomic mass is 10.1. The molecule has 1 saturated carbocycles. The van der Waals surface area contributed by atoms with Crippen LogP contribution in [0.4, 0.5) is 17.5 Å². The second-order valence-electron chi connectivity index (χ2n) is 9.85. The van der Waals surface area contributed by atoms with Crippen molar-refractivity contribution in [3.8, 4) is 17.0 Å². The molecule has 1 aliphatic carbocycles. The third-order valence-electron chi connectivity index (χ3n) is 7.12. The molecule has 8 heteroatoms. The maximum atomic E-state index is 10.1. The third-order valence-corrected chi connectivity index (χ3v) is 7.12. The first kappa shape index (κ1) is 24.5. The largest absolute Gasteiger partial charge is 0.497 e. The van der Waals surface area contributed by atoms with Crippen LogP contribution in [-0.4, -0.2) is 57.3 Å². The molecule has 2 atom stereocenters. The van der Waals surface area contributed by atoms with Crippen LogP contribution in [0.1, 0.15) is 50.5 Å². The van der Waals surface area contributed by atoms with Crippen LogP contribution in [0.3, 0.4) is 0 Å². The molecule has 8 nitrogen and oxygen atoms in total. The van der Waals surface area contributed by atoms with E-state index < -0.39 is 0 Å². The number of aromatic nitrogens is 3. The topological polar surface area (TPSA) is 95.4 Å². The van der Waals surface area contributed by atoms with Gasteiger partial charge in [0.25, 0.3) is 0 Å². The Labute approximate surface area is 213 Å². The highest BCUT2D eigenvalue weighted by Crippen LogP contribution is 2.30. The average molecular weight is 489 g/mol. The van der Waals surface area contributed by atoms with Gasteiger partial charge in [0.2, 0.25) is 5.95 Å². The number of methoxy groups -OCH3 is 1. The van der Waals surface area contributed by atoms with Crippen LogP contribution in [0, 0.1) is 0 Å². The van der Waals surface area contributed by atoms with E-state index in [0.29, 0.717) is 5.95 Å². The zero-order chi connectivity index (χ0) is 24.7. The molecular weight excluding hydrogens is 452 g/mol. The molecule has 2 aromatic heterocycles. The third kappa shape index (κ3) is 6.30. The van der Waals surface area contributed by atoms with E-state index in [1.54, 1.807) is 7.11 Å². The molecule has 0 amide bonds. The molecule has 3 N–H and O–H groups in total. The van der Waals surface area contributed by atoms with Gasteiger partial charge in [-0.15, -0.1) is 0 Å². The van der Waals surface area contributed by atoms with E-state index in [4.69, 9.17) is 14.7 Å². The van der Waals surface area contributed by atoms with Gasteiger partial charge in [-0.05, 0) is 93.9 Å². The fraction of sp³-hybridized carbons (Fsp3) is 0.464. The van der Waals surface area contributed by atoms with Gasteiger partial charge in [0.05, 0.1) is 24.5 Å². The van der Waals surface area contributed by atoms with Gasteiger partial charge in [-0.1, -0.05) is 6.07 Å². The Kier molecular flexibility index (Phi) is 7.93. The van der Waals surface area contributed by atoms with E-state index in [2.05, 4.69) is 32.7 Å². The van der Waals surface area contributed by atoms with Gasteiger partial charge < -0.3 is 20.5 Å². The van der Waals surface area contributed by atoms with Gasteiger partial charge in [0.15, 0.2) is 0 Å². The van der Waals surface area contributed by atoms with E-state index in [0.717, 1.165) is 67.2 Å². The quantitative estimate of drug-likeness (QED) is 0.382. The Morgan fingerprint density at radius 1 is 0.944 bits per heavy atom. The average Bonchev–Trinajstić information content (AvgIpc) is 3.33. The number of nitrogens with zero attached hydrogens (tertiary/aromatic N) is 4. The van der Waals surface area contributed by atoms with Gasteiger partial charge in [-0.25, -0.2) is 4.98 Å². The number of anilines is 3. The van der Waals surface area contributed by atoms with Crippen LogP contribution in [0.25, 0.3) is 11.3 Å². The normalized spacial score (nSPS) is 20.6. The summed E-state index contributed by atoms with van der Waals surface area (Å²) in [5.74, 6) is 2.09. The van der Waals surface area contributed by atoms with Crippen LogP contribution in [-0.2, 0) is 6.54 Å². The molecule has 1 saturated heterocycles. The molecule has 2 unspecified atom stereocenters. The van der Waals surface area contributed by atoms with E-state index in [9.17, 15) is 5.11 Å². The van der Waals surface area contributed by atoms with E-state index in [1.807, 2.05) is 36.7 Å². The lowest BCUT2D eigenvalue weighted by molar-refractivity contribution is 0.157. The molecule has 0 bridgehead atoms. The van der Waals surface area contributed by atoms with Crippen molar-refractivity contribution in [2.24, 2.45) is 0 Å². The molecule has 5 rings (SSSR count). The number of likely N-dealkylation sites (tertiary alicyclic amines) is 1. The maximum Gasteiger partial charge on any atom is 0.229 e. The summed E-state index contributed by atoms with van der Waals surface area (Å²) in [5.41, 5.74) is 3.85. The van der Waals surface area contributed by atoms with Crippen molar-refractivity contribution in [1.29, 1.82) is 0 Å². The first-order valence-corrected chi connectivity index (χ1v) is 13.1. The Balaban J connectivity index is 1.38. The first-order chi connectivity index (χ1) is 17.7. The second-order valence-corrected chi connectivity index (χ2v) is 9.85. The molecule has 0 spiro atoms. The summed E-state index contributed by atoms with van der Waals surface area (Å²) in [7, 11) is 1.65. The Hall–Kier alpha value is -3.23. The highest BCUT2D eigenvalue weighted by molar-refractivity contribution is 5.73. The maximum absolute atomic E-state index is 10.1. The Morgan fingerprint density at radius 2 is 1.78 bits per heavy atom. The summed E-state index contributed by atoms with van der Waals surface area (Å²) in [4.78, 5) is 16.7. The number of nitrogens with one attached hydrogen (secondary N) is 2. The number of benzene rings is 1. The van der Waals surface area contributed by atoms with Crippen molar-refractivity contribution < 1.29 is 9.84 Å². The van der Waals surface area contributed by atoms with Crippen LogP contribution >= 0.6 is 0 Å². The number of pyridine rings is 1. The predicted molar refractivity (Wildman–Crippen MR) is 143 cm³/mol. The van der Waals surface area contributed by atoms with E-state index in [1.165, 1.54) is 31.5 Å². The second kappa shape index (κ2) is 11.7. The predicted octanol–water partition coefficient (Wildman–Crippen LogP) is 4.99. The Bertz CT molecular complexity index is 1120. The minimum absolute atomic E-state index is 0.209. The lowest BCUT2D eigenvalue weighted by Crippen LogP contribution is -2.21. The van der Waals surface area contributed by atoms with Crippen molar-refractivity contribution in [3.05, 3.63) is 54.4 Å². The number of aliphatic hydroxyl groups is 1. The molecule has 3 heterocycles. The van der Waals surface area contributed by atoms with E-state index >= 15 is 0 Å². The molecule has 1 aromatic carbocycles. The molecule has 0 radical (unpaired) electrons. The molecule has 2 aliphatic rings. The number of ether oxygens (including phenoxy) is 1. The highest BCUT2D eigenvalue weighted by atomic mass is 16.5. The summed E-state index contributed by atoms with van der Waals surface area (Å²) in [6.45, 7) is 3.29. The number of rotatable bonds is 8. The minimum atomic E-state index is -0.209. The fourth-order valence-electron chi connectivity index (χ4n) is 5.04. The Morgan fingerprint density at radius 3 is 2.53 bits per heavy atom. The van der Waals surface area contributed by atoms with Gasteiger partial charge in [0, 0.05) is 30.7 Å². The van der Waals surface area contributed by atoms with Gasteiger partial charge in [-0.2, -0.15) is 4.98 Å². The zero-order valence-electron chi connectivity index (χ0n) is 21.0. The van der Waals surface area contributed by atoms with Crippen molar-refractivity contribution in [2.45, 2.75) is 63.6 Å². The zero-order valence-corrected chi connectivity index (χ0v) is 21.0. The van der Waals surface area contributed by atoms with Crippen molar-refractivity contribution in [1.82, 2.24) is 19.9 Å². The smallest absolute Gasteiger partial charge is 0.229 e. The monoisotopic (exact) mass is 488 g/mol. The molecule has 3 aromatic rings. The number of hydrogen-bond acceptors (Lipinski definition) is 8. The summed E-state index contributed by atoms with van der Waals surface area (Å²) in [5, 5.41) is 17.0. The van der Waals surface area contributed by atoms with E-state index in [-0.39, 0.29) is 12.1 Å². The highest BCUT2D eigenvalue weighted by Gasteiger charge is 2.20. The number of hydrogen-bond donors (Lipinski definition) is 3. The summed E-state index contributed by atoms with van der Waals surface area (Å²) >= 11 is 0. The van der Waals surface area contributed by atoms with Gasteiger partial charge >= 0.3 is 0 Å². The molecule has 190 valence electrons. The summed E-state index contributed by atoms with van der Waals surface area (Å²) in [6.07, 6.45) is 10.8. The van der Waals surface area contributed by atoms with Crippen molar-refractivity contribution >= 4 is 17.5 Å². The first-order valence-electron chi connectivity index (χ1n) is 13.1. The molecular formula is C28H36N6O2. The molecule has 1 aliphatic heterocycles. The standard InChI is InChI=1S/C28H36N6O2/c1-36-24-12-9-22(10-13-24)32-28-30-18-25(27(33-28)31-21-5-4-6-23(35)11-8-21)26-14-7-20(17-29-26)19-34-15-2-3-16-34/h7,9-10,12-14,17-18,21,23,35H,2-6,8,11,15-16,19H2,1H3,(H2,30,31,32,33). The molecule has 2 fully saturated rings. The van der Waals surface area contributed by atoms with Crippen molar-refractivity contribution in [3.63, 3.8) is 0 Å². The van der Waals surface area contributed by atoms with Gasteiger partial charge in [-0.3, -0.25) is 9.88 Å². The number of aliphatic hydroxyl groups excluding tert-OH is 1. The summed E-state index contributed by atoms with van der Waals surface area (Å²) < 4.78 is 5.25. The van der Waals surface area contributed by atoms with Gasteiger partial charge in [0.1, 0.15) is 11.6 Å². The van der Waals surface area contributed by atoms with Crippen LogP contribution < -0.4 is 15.4 Å². The van der Waals surface area contributed by atoms with Crippen LogP contribution in [0.2, 0.25) is 0 Å². The SMILES string of the molecule is COc1ccc(Nc2ncc(-c3ccc(CN4CCCC4)cn3)c(NC3CCCC(O)CC3)n2)cc1. The molecule has 36 heavy (non-hydrogen) atoms. The van der Waals surface area contributed by atoms with Crippen molar-refractivity contribution in [2.75, 3.05) is 30.8 Å². The van der Waals surface area contributed by atoms with Crippen LogP contribution in [0.15, 0.2) is 48.8 Å². The lowest BCUT2D eigenvalue weighted by Gasteiger charge is -2.20.